The Kier molecular flexibility index (Phi) is 7.80. The van der Waals surface area contributed by atoms with E-state index in [1.165, 1.54) is 32.1 Å². The molecule has 0 saturated heterocycles. The molecule has 0 heterocycles. The number of hydrogen-bond acceptors (Lipinski definition) is 3. The van der Waals surface area contributed by atoms with E-state index in [9.17, 15) is 4.79 Å². The first-order valence-electron chi connectivity index (χ1n) is 8.77. The topological polar surface area (TPSA) is 38.3 Å². The molecule has 1 aliphatic carbocycles. The molecule has 0 radical (unpaired) electrons. The summed E-state index contributed by atoms with van der Waals surface area (Å²) in [5.41, 5.74) is 1.15. The molecule has 128 valence electrons. The van der Waals surface area contributed by atoms with Crippen LogP contribution in [0.3, 0.4) is 0 Å². The minimum Gasteiger partial charge on any atom is -0.483 e. The van der Waals surface area contributed by atoms with Crippen LogP contribution in [0.15, 0.2) is 24.3 Å². The van der Waals surface area contributed by atoms with Gasteiger partial charge in [-0.1, -0.05) is 51.3 Å². The molecule has 0 atom stereocenters. The van der Waals surface area contributed by atoms with Crippen LogP contribution in [0.4, 0.5) is 0 Å². The maximum atomic E-state index is 11.9. The molecule has 1 fully saturated rings. The number of rotatable bonds is 8. The van der Waals surface area contributed by atoms with Crippen LogP contribution in [0.25, 0.3) is 0 Å². The summed E-state index contributed by atoms with van der Waals surface area (Å²) in [5, 5.41) is 3.76. The van der Waals surface area contributed by atoms with E-state index in [1.54, 1.807) is 0 Å². The molecule has 0 spiro atoms. The zero-order valence-electron chi connectivity index (χ0n) is 14.3. The Morgan fingerprint density at radius 1 is 1.26 bits per heavy atom. The van der Waals surface area contributed by atoms with Gasteiger partial charge in [0.1, 0.15) is 5.75 Å². The summed E-state index contributed by atoms with van der Waals surface area (Å²) in [6.45, 7) is 5.09. The minimum absolute atomic E-state index is 0.0344. The summed E-state index contributed by atoms with van der Waals surface area (Å²) in [5.74, 6) is 2.17. The van der Waals surface area contributed by atoms with Crippen LogP contribution in [-0.4, -0.2) is 30.1 Å². The van der Waals surface area contributed by atoms with Crippen LogP contribution in [-0.2, 0) is 4.79 Å². The summed E-state index contributed by atoms with van der Waals surface area (Å²) in [7, 11) is 0. The molecule has 23 heavy (non-hydrogen) atoms. The molecule has 1 N–H and O–H groups in total. The molecule has 0 aliphatic heterocycles. The largest absolute Gasteiger partial charge is 0.483 e. The molecule has 1 saturated carbocycles. The van der Waals surface area contributed by atoms with Gasteiger partial charge in [0.2, 0.25) is 0 Å². The average Bonchev–Trinajstić information content (AvgIpc) is 2.58. The minimum atomic E-state index is -0.0344. The SMILES string of the molecule is CC(C)c1ccccc1OCC(=O)NCCSC1CCCCC1. The molecule has 1 aliphatic rings. The van der Waals surface area contributed by atoms with Crippen molar-refractivity contribution in [3.05, 3.63) is 29.8 Å². The van der Waals surface area contributed by atoms with E-state index in [0.717, 1.165) is 28.9 Å². The lowest BCUT2D eigenvalue weighted by Crippen LogP contribution is -2.31. The number of ether oxygens (including phenoxy) is 1. The number of carbonyl (C=O) groups is 1. The first kappa shape index (κ1) is 18.2. The molecule has 0 bridgehead atoms. The van der Waals surface area contributed by atoms with Crippen LogP contribution in [0, 0.1) is 0 Å². The zero-order valence-corrected chi connectivity index (χ0v) is 15.2. The maximum Gasteiger partial charge on any atom is 0.257 e. The number of thioether (sulfide) groups is 1. The molecule has 4 heteroatoms. The second-order valence-electron chi connectivity index (χ2n) is 6.46. The smallest absolute Gasteiger partial charge is 0.257 e. The fourth-order valence-corrected chi connectivity index (χ4v) is 4.15. The number of amides is 1. The fraction of sp³-hybridized carbons (Fsp3) is 0.632. The van der Waals surface area contributed by atoms with E-state index in [4.69, 9.17) is 4.74 Å². The van der Waals surface area contributed by atoms with E-state index >= 15 is 0 Å². The molecule has 1 amide bonds. The van der Waals surface area contributed by atoms with E-state index in [2.05, 4.69) is 25.2 Å². The van der Waals surface area contributed by atoms with Gasteiger partial charge < -0.3 is 10.1 Å². The van der Waals surface area contributed by atoms with Gasteiger partial charge in [0.15, 0.2) is 6.61 Å². The molecule has 0 aromatic heterocycles. The Morgan fingerprint density at radius 3 is 2.74 bits per heavy atom. The molecular formula is C19H29NO2S. The third-order valence-corrected chi connectivity index (χ3v) is 5.61. The number of benzene rings is 1. The van der Waals surface area contributed by atoms with Crippen molar-refractivity contribution in [1.29, 1.82) is 0 Å². The summed E-state index contributed by atoms with van der Waals surface area (Å²) >= 11 is 2.00. The van der Waals surface area contributed by atoms with Gasteiger partial charge >= 0.3 is 0 Å². The number of hydrogen-bond donors (Lipinski definition) is 1. The molecule has 1 aromatic rings. The normalized spacial score (nSPS) is 15.6. The van der Waals surface area contributed by atoms with Gasteiger partial charge in [0, 0.05) is 17.5 Å². The Morgan fingerprint density at radius 2 is 2.00 bits per heavy atom. The van der Waals surface area contributed by atoms with Gasteiger partial charge in [0.25, 0.3) is 5.91 Å². The van der Waals surface area contributed by atoms with Gasteiger partial charge in [-0.15, -0.1) is 0 Å². The number of para-hydroxylation sites is 1. The van der Waals surface area contributed by atoms with E-state index in [-0.39, 0.29) is 12.5 Å². The highest BCUT2D eigenvalue weighted by Crippen LogP contribution is 2.28. The van der Waals surface area contributed by atoms with Gasteiger partial charge in [-0.25, -0.2) is 0 Å². The summed E-state index contributed by atoms with van der Waals surface area (Å²) < 4.78 is 5.69. The predicted octanol–water partition coefficient (Wildman–Crippen LogP) is 4.37. The third-order valence-electron chi connectivity index (χ3n) is 4.23. The summed E-state index contributed by atoms with van der Waals surface area (Å²) in [6, 6.07) is 7.94. The van der Waals surface area contributed by atoms with Gasteiger partial charge in [-0.05, 0) is 30.4 Å². The second-order valence-corrected chi connectivity index (χ2v) is 7.87. The maximum absolute atomic E-state index is 11.9. The third kappa shape index (κ3) is 6.46. The monoisotopic (exact) mass is 335 g/mol. The highest BCUT2D eigenvalue weighted by Gasteiger charge is 2.13. The van der Waals surface area contributed by atoms with Crippen LogP contribution in [0.2, 0.25) is 0 Å². The fourth-order valence-electron chi connectivity index (χ4n) is 2.93. The van der Waals surface area contributed by atoms with Gasteiger partial charge in [0.05, 0.1) is 0 Å². The van der Waals surface area contributed by atoms with Crippen molar-refractivity contribution in [2.75, 3.05) is 18.9 Å². The Balaban J connectivity index is 1.63. The Bertz CT molecular complexity index is 484. The van der Waals surface area contributed by atoms with Crippen molar-refractivity contribution >= 4 is 17.7 Å². The first-order valence-corrected chi connectivity index (χ1v) is 9.81. The Labute approximate surface area is 144 Å². The summed E-state index contributed by atoms with van der Waals surface area (Å²) in [6.07, 6.45) is 6.81. The summed E-state index contributed by atoms with van der Waals surface area (Å²) in [4.78, 5) is 11.9. The van der Waals surface area contributed by atoms with E-state index < -0.39 is 0 Å². The van der Waals surface area contributed by atoms with Gasteiger partial charge in [-0.3, -0.25) is 4.79 Å². The van der Waals surface area contributed by atoms with Crippen molar-refractivity contribution in [3.63, 3.8) is 0 Å². The molecule has 3 nitrogen and oxygen atoms in total. The van der Waals surface area contributed by atoms with E-state index in [0.29, 0.717) is 5.92 Å². The highest BCUT2D eigenvalue weighted by molar-refractivity contribution is 7.99. The van der Waals surface area contributed by atoms with Crippen molar-refractivity contribution in [3.8, 4) is 5.75 Å². The number of carbonyl (C=O) groups excluding carboxylic acids is 1. The quantitative estimate of drug-likeness (QED) is 0.717. The standard InChI is InChI=1S/C19H29NO2S/c1-15(2)17-10-6-7-11-18(17)22-14-19(21)20-12-13-23-16-8-4-3-5-9-16/h6-7,10-11,15-16H,3-5,8-9,12-14H2,1-2H3,(H,20,21). The van der Waals surface area contributed by atoms with Crippen LogP contribution >= 0.6 is 11.8 Å². The Hall–Kier alpha value is -1.16. The average molecular weight is 336 g/mol. The lowest BCUT2D eigenvalue weighted by Gasteiger charge is -2.20. The molecule has 0 unspecified atom stereocenters. The molecule has 2 rings (SSSR count). The highest BCUT2D eigenvalue weighted by atomic mass is 32.2. The predicted molar refractivity (Wildman–Crippen MR) is 98.4 cm³/mol. The first-order chi connectivity index (χ1) is 11.2. The van der Waals surface area contributed by atoms with Crippen LogP contribution in [0.1, 0.15) is 57.4 Å². The molecule has 1 aromatic carbocycles. The van der Waals surface area contributed by atoms with Crippen LogP contribution < -0.4 is 10.1 Å². The van der Waals surface area contributed by atoms with Gasteiger partial charge in [-0.2, -0.15) is 11.8 Å². The lowest BCUT2D eigenvalue weighted by atomic mass is 10.0. The molecular weight excluding hydrogens is 306 g/mol. The van der Waals surface area contributed by atoms with Crippen molar-refractivity contribution in [1.82, 2.24) is 5.32 Å². The van der Waals surface area contributed by atoms with E-state index in [1.807, 2.05) is 30.0 Å². The van der Waals surface area contributed by atoms with Crippen molar-refractivity contribution in [2.45, 2.75) is 57.1 Å². The van der Waals surface area contributed by atoms with Crippen molar-refractivity contribution < 1.29 is 9.53 Å². The lowest BCUT2D eigenvalue weighted by molar-refractivity contribution is -0.122. The van der Waals surface area contributed by atoms with Crippen LogP contribution in [0.5, 0.6) is 5.75 Å². The van der Waals surface area contributed by atoms with Crippen molar-refractivity contribution in [2.24, 2.45) is 0 Å². The zero-order chi connectivity index (χ0) is 16.5. The second kappa shape index (κ2) is 9.86. The number of nitrogens with one attached hydrogen (secondary N) is 1.